The summed E-state index contributed by atoms with van der Waals surface area (Å²) in [5.74, 6) is 5.59. The lowest BCUT2D eigenvalue weighted by atomic mass is 9.41. The Hall–Kier alpha value is -0.0800. The molecule has 0 aromatic carbocycles. The van der Waals surface area contributed by atoms with E-state index in [9.17, 15) is 10.2 Å². The maximum atomic E-state index is 12.0. The molecular weight excluding hydrogens is 332 g/mol. The predicted octanol–water partition coefficient (Wildman–Crippen LogP) is 5.02. The Balaban J connectivity index is 1.41. The molecule has 0 radical (unpaired) electrons. The van der Waals surface area contributed by atoms with Crippen LogP contribution in [0.5, 0.6) is 0 Å². The summed E-state index contributed by atoms with van der Waals surface area (Å²) in [5, 5.41) is 23.9. The SMILES string of the molecule is CCC[C@]1(O)[C@H]2CC2C2C3C(CC[C@@]21C)[C@@]1(C)CC[C@H](C)C[C@@]1(O)[C@@H]1C[C@H]31. The molecule has 6 rings (SSSR count). The number of rotatable bonds is 2. The highest BCUT2D eigenvalue weighted by atomic mass is 16.3. The standard InChI is InChI=1S/C25H40O2/c1-5-8-24(26)19-12-16(19)21-20-15-11-18(15)25(27)13-14(2)6-9-22(25,3)17(20)7-10-23(21,24)4/h14-21,26-27H,5-13H2,1-4H3/t14-,15-,16?,17?,18+,19-,20?,21?,22+,23-,24-,25+/m0/s1. The number of aliphatic hydroxyl groups is 2. The van der Waals surface area contributed by atoms with Crippen molar-refractivity contribution in [3.63, 3.8) is 0 Å². The van der Waals surface area contributed by atoms with Crippen LogP contribution in [0, 0.1) is 58.2 Å². The second-order valence-corrected chi connectivity index (χ2v) is 12.5. The highest BCUT2D eigenvalue weighted by molar-refractivity contribution is 5.29. The van der Waals surface area contributed by atoms with E-state index in [2.05, 4.69) is 27.7 Å². The lowest BCUT2D eigenvalue weighted by Gasteiger charge is -2.65. The summed E-state index contributed by atoms with van der Waals surface area (Å²) in [4.78, 5) is 0. The van der Waals surface area contributed by atoms with Crippen molar-refractivity contribution >= 4 is 0 Å². The van der Waals surface area contributed by atoms with Crippen molar-refractivity contribution in [1.29, 1.82) is 0 Å². The van der Waals surface area contributed by atoms with Crippen LogP contribution in [0.2, 0.25) is 0 Å². The van der Waals surface area contributed by atoms with Crippen LogP contribution in [-0.4, -0.2) is 21.4 Å². The Kier molecular flexibility index (Phi) is 3.27. The van der Waals surface area contributed by atoms with Gasteiger partial charge in [0.15, 0.2) is 0 Å². The summed E-state index contributed by atoms with van der Waals surface area (Å²) in [7, 11) is 0. The van der Waals surface area contributed by atoms with Gasteiger partial charge >= 0.3 is 0 Å². The summed E-state index contributed by atoms with van der Waals surface area (Å²) in [6, 6.07) is 0. The molecule has 0 amide bonds. The van der Waals surface area contributed by atoms with Crippen LogP contribution in [-0.2, 0) is 0 Å². The lowest BCUT2D eigenvalue weighted by molar-refractivity contribution is -0.231. The highest BCUT2D eigenvalue weighted by Crippen LogP contribution is 2.82. The fourth-order valence-electron chi connectivity index (χ4n) is 10.4. The fraction of sp³-hybridized carbons (Fsp3) is 1.00. The quantitative estimate of drug-likeness (QED) is 0.714. The van der Waals surface area contributed by atoms with Gasteiger partial charge in [0.05, 0.1) is 11.2 Å². The van der Waals surface area contributed by atoms with Gasteiger partial charge in [-0.15, -0.1) is 0 Å². The summed E-state index contributed by atoms with van der Waals surface area (Å²) in [6.45, 7) is 9.56. The van der Waals surface area contributed by atoms with Crippen LogP contribution >= 0.6 is 0 Å². The molecular formula is C25H40O2. The Morgan fingerprint density at radius 1 is 0.889 bits per heavy atom. The van der Waals surface area contributed by atoms with Crippen molar-refractivity contribution in [2.24, 2.45) is 58.2 Å². The van der Waals surface area contributed by atoms with E-state index in [4.69, 9.17) is 0 Å². The monoisotopic (exact) mass is 372 g/mol. The largest absolute Gasteiger partial charge is 0.389 e. The average molecular weight is 373 g/mol. The van der Waals surface area contributed by atoms with Gasteiger partial charge in [-0.3, -0.25) is 0 Å². The van der Waals surface area contributed by atoms with Gasteiger partial charge in [0.25, 0.3) is 0 Å². The van der Waals surface area contributed by atoms with E-state index < -0.39 is 11.2 Å². The molecule has 0 bridgehead atoms. The minimum absolute atomic E-state index is 0.124. The lowest BCUT2D eigenvalue weighted by Crippen LogP contribution is -2.65. The van der Waals surface area contributed by atoms with Crippen molar-refractivity contribution < 1.29 is 10.2 Å². The molecule has 6 fully saturated rings. The Labute approximate surface area is 165 Å². The minimum Gasteiger partial charge on any atom is -0.389 e. The smallest absolute Gasteiger partial charge is 0.0737 e. The molecule has 0 spiro atoms. The molecule has 0 heterocycles. The molecule has 6 saturated carbocycles. The van der Waals surface area contributed by atoms with Gasteiger partial charge in [-0.05, 0) is 110 Å². The van der Waals surface area contributed by atoms with Gasteiger partial charge in [0.1, 0.15) is 0 Å². The van der Waals surface area contributed by atoms with Gasteiger partial charge in [-0.25, -0.2) is 0 Å². The van der Waals surface area contributed by atoms with Crippen LogP contribution in [0.15, 0.2) is 0 Å². The van der Waals surface area contributed by atoms with Crippen molar-refractivity contribution in [2.75, 3.05) is 0 Å². The van der Waals surface area contributed by atoms with E-state index in [1.54, 1.807) is 0 Å². The van der Waals surface area contributed by atoms with Crippen molar-refractivity contribution in [3.8, 4) is 0 Å². The normalized spacial score (nSPS) is 68.2. The first-order valence-corrected chi connectivity index (χ1v) is 12.2. The number of fused-ring (bicyclic) bond motifs is 10. The molecule has 12 atom stereocenters. The van der Waals surface area contributed by atoms with Crippen molar-refractivity contribution in [1.82, 2.24) is 0 Å². The molecule has 0 aliphatic heterocycles. The van der Waals surface area contributed by atoms with Crippen LogP contribution < -0.4 is 0 Å². The van der Waals surface area contributed by atoms with Crippen molar-refractivity contribution in [2.45, 2.75) is 96.7 Å². The molecule has 4 unspecified atom stereocenters. The molecule has 27 heavy (non-hydrogen) atoms. The summed E-state index contributed by atoms with van der Waals surface area (Å²) < 4.78 is 0. The molecule has 0 aromatic rings. The molecule has 152 valence electrons. The minimum atomic E-state index is -0.401. The van der Waals surface area contributed by atoms with Gasteiger partial charge < -0.3 is 10.2 Å². The summed E-state index contributed by atoms with van der Waals surface area (Å²) >= 11 is 0. The molecule has 0 saturated heterocycles. The second kappa shape index (κ2) is 4.97. The van der Waals surface area contributed by atoms with E-state index in [1.807, 2.05) is 0 Å². The zero-order valence-corrected chi connectivity index (χ0v) is 17.9. The van der Waals surface area contributed by atoms with E-state index in [1.165, 1.54) is 38.5 Å². The van der Waals surface area contributed by atoms with Crippen LogP contribution in [0.1, 0.15) is 85.5 Å². The van der Waals surface area contributed by atoms with Gasteiger partial charge in [0, 0.05) is 0 Å². The third-order valence-corrected chi connectivity index (χ3v) is 11.7. The van der Waals surface area contributed by atoms with Gasteiger partial charge in [-0.1, -0.05) is 34.1 Å². The maximum Gasteiger partial charge on any atom is 0.0737 e. The van der Waals surface area contributed by atoms with Crippen LogP contribution in [0.25, 0.3) is 0 Å². The summed E-state index contributed by atoms with van der Waals surface area (Å²) in [5.41, 5.74) is -0.536. The zero-order valence-electron chi connectivity index (χ0n) is 17.9. The van der Waals surface area contributed by atoms with Gasteiger partial charge in [0.2, 0.25) is 0 Å². The maximum absolute atomic E-state index is 12.0. The highest BCUT2D eigenvalue weighted by Gasteiger charge is 2.80. The van der Waals surface area contributed by atoms with E-state index >= 15 is 0 Å². The Morgan fingerprint density at radius 2 is 1.59 bits per heavy atom. The average Bonchev–Trinajstić information content (AvgIpc) is 3.49. The molecule has 6 aliphatic rings. The fourth-order valence-corrected chi connectivity index (χ4v) is 10.4. The third-order valence-electron chi connectivity index (χ3n) is 11.7. The topological polar surface area (TPSA) is 40.5 Å². The van der Waals surface area contributed by atoms with Crippen molar-refractivity contribution in [3.05, 3.63) is 0 Å². The molecule has 2 N–H and O–H groups in total. The first-order chi connectivity index (χ1) is 12.7. The first-order valence-electron chi connectivity index (χ1n) is 12.2. The zero-order chi connectivity index (χ0) is 19.0. The summed E-state index contributed by atoms with van der Waals surface area (Å²) in [6.07, 6.45) is 10.7. The molecule has 0 aromatic heterocycles. The first kappa shape index (κ1) is 17.8. The molecule has 2 heteroatoms. The third kappa shape index (κ3) is 1.79. The number of hydrogen-bond acceptors (Lipinski definition) is 2. The Bertz CT molecular complexity index is 675. The molecule has 6 aliphatic carbocycles. The van der Waals surface area contributed by atoms with E-state index in [0.717, 1.165) is 42.9 Å². The van der Waals surface area contributed by atoms with Gasteiger partial charge in [-0.2, -0.15) is 0 Å². The molecule has 2 nitrogen and oxygen atoms in total. The predicted molar refractivity (Wildman–Crippen MR) is 107 cm³/mol. The van der Waals surface area contributed by atoms with E-state index in [0.29, 0.717) is 23.7 Å². The Morgan fingerprint density at radius 3 is 2.33 bits per heavy atom. The van der Waals surface area contributed by atoms with Crippen LogP contribution in [0.4, 0.5) is 0 Å². The van der Waals surface area contributed by atoms with E-state index in [-0.39, 0.29) is 10.8 Å². The second-order valence-electron chi connectivity index (χ2n) is 12.5. The van der Waals surface area contributed by atoms with Crippen LogP contribution in [0.3, 0.4) is 0 Å². The number of hydrogen-bond donors (Lipinski definition) is 2.